The van der Waals surface area contributed by atoms with Crippen LogP contribution in [0.25, 0.3) is 44.2 Å². The van der Waals surface area contributed by atoms with Gasteiger partial charge in [0.05, 0.1) is 11.4 Å². The van der Waals surface area contributed by atoms with Crippen molar-refractivity contribution in [3.63, 3.8) is 0 Å². The van der Waals surface area contributed by atoms with E-state index in [1.54, 1.807) is 5.56 Å². The largest absolute Gasteiger partial charge is 0.309 e. The molecule has 0 N–H and O–H groups in total. The van der Waals surface area contributed by atoms with E-state index in [4.69, 9.17) is 0 Å². The second kappa shape index (κ2) is 13.9. The predicted octanol–water partition coefficient (Wildman–Crippen LogP) is 15.9. The Morgan fingerprint density at radius 2 is 1.19 bits per heavy atom. The summed E-state index contributed by atoms with van der Waals surface area (Å²) in [7, 11) is 0. The Balaban J connectivity index is 1.14. The van der Waals surface area contributed by atoms with Crippen LogP contribution in [0.15, 0.2) is 152 Å². The van der Waals surface area contributed by atoms with E-state index in [0.717, 1.165) is 11.8 Å². The quantitative estimate of drug-likeness (QED) is 0.157. The SMILES string of the molecule is CC1(C)c2ccccc2-c2cc(-c3ccc(-c4ccccc4)cc3)c(N(c3ccc(C4CCCCC4)cc3)c3ccc(C4CC5CCC4C5)c4ccccc34)cc21. The van der Waals surface area contributed by atoms with Gasteiger partial charge >= 0.3 is 0 Å². The Morgan fingerprint density at radius 1 is 0.491 bits per heavy atom. The first kappa shape index (κ1) is 34.8. The monoisotopic (exact) mass is 739 g/mol. The van der Waals surface area contributed by atoms with Crippen LogP contribution < -0.4 is 4.90 Å². The third kappa shape index (κ3) is 5.88. The van der Waals surface area contributed by atoms with E-state index in [1.165, 1.54) is 136 Å². The zero-order valence-corrected chi connectivity index (χ0v) is 33.6. The fourth-order valence-electron chi connectivity index (χ4n) is 11.8. The van der Waals surface area contributed by atoms with Crippen LogP contribution >= 0.6 is 0 Å². The highest BCUT2D eigenvalue weighted by molar-refractivity contribution is 6.04. The Morgan fingerprint density at radius 3 is 1.95 bits per heavy atom. The van der Waals surface area contributed by atoms with E-state index < -0.39 is 0 Å². The maximum Gasteiger partial charge on any atom is 0.0543 e. The van der Waals surface area contributed by atoms with E-state index >= 15 is 0 Å². The highest BCUT2D eigenvalue weighted by atomic mass is 15.1. The van der Waals surface area contributed by atoms with Gasteiger partial charge in [0.15, 0.2) is 0 Å². The molecule has 0 amide bonds. The van der Waals surface area contributed by atoms with Crippen LogP contribution in [-0.4, -0.2) is 0 Å². The summed E-state index contributed by atoms with van der Waals surface area (Å²) in [6.07, 6.45) is 12.3. The minimum atomic E-state index is -0.124. The molecule has 282 valence electrons. The number of nitrogens with zero attached hydrogens (tertiary/aromatic N) is 1. The lowest BCUT2D eigenvalue weighted by atomic mass is 9.81. The summed E-state index contributed by atoms with van der Waals surface area (Å²) in [6.45, 7) is 4.83. The van der Waals surface area contributed by atoms with Crippen molar-refractivity contribution in [1.29, 1.82) is 0 Å². The summed E-state index contributed by atoms with van der Waals surface area (Å²) in [6, 6.07) is 58.3. The molecule has 4 aliphatic rings. The normalized spacial score (nSPS) is 20.8. The lowest BCUT2D eigenvalue weighted by Crippen LogP contribution is -2.17. The van der Waals surface area contributed by atoms with Gasteiger partial charge in [0.1, 0.15) is 0 Å². The fourth-order valence-corrected chi connectivity index (χ4v) is 11.8. The molecule has 0 aliphatic heterocycles. The number of hydrogen-bond acceptors (Lipinski definition) is 1. The molecule has 57 heavy (non-hydrogen) atoms. The zero-order chi connectivity index (χ0) is 38.1. The number of anilines is 3. The molecule has 1 nitrogen and oxygen atoms in total. The molecule has 3 unspecified atom stereocenters. The van der Waals surface area contributed by atoms with Gasteiger partial charge in [0.25, 0.3) is 0 Å². The Kier molecular flexibility index (Phi) is 8.50. The molecule has 3 saturated carbocycles. The van der Waals surface area contributed by atoms with Crippen LogP contribution in [0.5, 0.6) is 0 Å². The third-order valence-electron chi connectivity index (χ3n) is 14.8. The van der Waals surface area contributed by atoms with Crippen LogP contribution in [0.3, 0.4) is 0 Å². The second-order valence-corrected chi connectivity index (χ2v) is 18.3. The van der Waals surface area contributed by atoms with Crippen molar-refractivity contribution >= 4 is 27.8 Å². The molecular formula is C56H53N. The average Bonchev–Trinajstić information content (AvgIpc) is 3.97. The highest BCUT2D eigenvalue weighted by Crippen LogP contribution is 2.57. The lowest BCUT2D eigenvalue weighted by Gasteiger charge is -2.32. The summed E-state index contributed by atoms with van der Waals surface area (Å²) in [5.74, 6) is 3.08. The molecule has 2 bridgehead atoms. The first-order valence-electron chi connectivity index (χ1n) is 21.9. The van der Waals surface area contributed by atoms with Crippen LogP contribution in [0, 0.1) is 11.8 Å². The van der Waals surface area contributed by atoms with Crippen LogP contribution in [-0.2, 0) is 5.41 Å². The Hall–Kier alpha value is -5.40. The van der Waals surface area contributed by atoms with Crippen LogP contribution in [0.1, 0.15) is 106 Å². The maximum absolute atomic E-state index is 2.62. The van der Waals surface area contributed by atoms with Gasteiger partial charge in [0, 0.05) is 22.1 Å². The van der Waals surface area contributed by atoms with Gasteiger partial charge in [-0.1, -0.05) is 161 Å². The number of benzene rings is 7. The predicted molar refractivity (Wildman–Crippen MR) is 241 cm³/mol. The fraction of sp³-hybridized carbons (Fsp3) is 0.286. The molecule has 3 atom stereocenters. The van der Waals surface area contributed by atoms with Gasteiger partial charge < -0.3 is 4.90 Å². The molecule has 4 aliphatic carbocycles. The third-order valence-corrected chi connectivity index (χ3v) is 14.8. The van der Waals surface area contributed by atoms with Gasteiger partial charge in [-0.3, -0.25) is 0 Å². The van der Waals surface area contributed by atoms with Crippen LogP contribution in [0.4, 0.5) is 17.1 Å². The molecule has 0 heterocycles. The smallest absolute Gasteiger partial charge is 0.0543 e. The van der Waals surface area contributed by atoms with Gasteiger partial charge in [0.2, 0.25) is 0 Å². The van der Waals surface area contributed by atoms with Crippen molar-refractivity contribution in [2.45, 2.75) is 88.9 Å². The molecule has 3 fully saturated rings. The van der Waals surface area contributed by atoms with E-state index in [1.807, 2.05) is 0 Å². The minimum absolute atomic E-state index is 0.124. The highest BCUT2D eigenvalue weighted by Gasteiger charge is 2.41. The molecule has 7 aromatic rings. The van der Waals surface area contributed by atoms with Crippen molar-refractivity contribution in [1.82, 2.24) is 0 Å². The summed E-state index contributed by atoms with van der Waals surface area (Å²) in [4.78, 5) is 2.62. The van der Waals surface area contributed by atoms with E-state index in [2.05, 4.69) is 170 Å². The molecule has 0 saturated heterocycles. The molecular weight excluding hydrogens is 687 g/mol. The molecule has 1 heteroatoms. The van der Waals surface area contributed by atoms with Crippen molar-refractivity contribution in [2.24, 2.45) is 11.8 Å². The summed E-state index contributed by atoms with van der Waals surface area (Å²) < 4.78 is 0. The number of hydrogen-bond donors (Lipinski definition) is 0. The summed E-state index contributed by atoms with van der Waals surface area (Å²) in [5, 5.41) is 2.78. The Bertz CT molecular complexity index is 2590. The topological polar surface area (TPSA) is 3.24 Å². The Labute approximate surface area is 339 Å². The molecule has 11 rings (SSSR count). The molecule has 0 aromatic heterocycles. The van der Waals surface area contributed by atoms with E-state index in [9.17, 15) is 0 Å². The second-order valence-electron chi connectivity index (χ2n) is 18.3. The number of rotatable bonds is 7. The van der Waals surface area contributed by atoms with Gasteiger partial charge in [-0.25, -0.2) is 0 Å². The lowest BCUT2D eigenvalue weighted by molar-refractivity contribution is 0.422. The summed E-state index contributed by atoms with van der Waals surface area (Å²) in [5.41, 5.74) is 17.2. The average molecular weight is 740 g/mol. The summed E-state index contributed by atoms with van der Waals surface area (Å²) >= 11 is 0. The van der Waals surface area contributed by atoms with Crippen molar-refractivity contribution in [3.05, 3.63) is 174 Å². The van der Waals surface area contributed by atoms with E-state index in [0.29, 0.717) is 11.8 Å². The van der Waals surface area contributed by atoms with Crippen molar-refractivity contribution in [3.8, 4) is 33.4 Å². The molecule has 0 spiro atoms. The molecule has 7 aromatic carbocycles. The number of fused-ring (bicyclic) bond motifs is 6. The van der Waals surface area contributed by atoms with Gasteiger partial charge in [-0.05, 0) is 142 Å². The maximum atomic E-state index is 2.62. The van der Waals surface area contributed by atoms with Crippen LogP contribution in [0.2, 0.25) is 0 Å². The van der Waals surface area contributed by atoms with Crippen molar-refractivity contribution < 1.29 is 0 Å². The first-order valence-corrected chi connectivity index (χ1v) is 21.9. The zero-order valence-electron chi connectivity index (χ0n) is 33.6. The van der Waals surface area contributed by atoms with Gasteiger partial charge in [-0.15, -0.1) is 0 Å². The molecule has 0 radical (unpaired) electrons. The van der Waals surface area contributed by atoms with E-state index in [-0.39, 0.29) is 5.41 Å². The standard InChI is InChI=1S/C56H53N/c1-56(2)52-20-12-11-18-47(52)51-35-50(42-25-23-40(24-26-42)38-13-5-3-6-14-38)55(36-53(51)56)57(44-29-27-41(28-30-44)39-15-7-4-8-16-39)54-32-31-46(45-17-9-10-19-48(45)54)49-34-37-21-22-43(49)33-37/h3,5-6,9-14,17-20,23-32,35-37,39,43,49H,4,7-8,15-16,21-22,33-34H2,1-2H3. The van der Waals surface area contributed by atoms with Gasteiger partial charge in [-0.2, -0.15) is 0 Å². The minimum Gasteiger partial charge on any atom is -0.309 e. The first-order chi connectivity index (χ1) is 28.0. The van der Waals surface area contributed by atoms with Crippen molar-refractivity contribution in [2.75, 3.05) is 4.90 Å².